The summed E-state index contributed by atoms with van der Waals surface area (Å²) in [6, 6.07) is 18.4. The molecule has 2 heterocycles. The Hall–Kier alpha value is -4.15. The van der Waals surface area contributed by atoms with E-state index in [1.54, 1.807) is 4.90 Å². The summed E-state index contributed by atoms with van der Waals surface area (Å²) in [5.74, 6) is -2.50. The van der Waals surface area contributed by atoms with E-state index in [1.807, 2.05) is 68.4 Å². The molecule has 1 fully saturated rings. The average molecular weight is 661 g/mol. The third-order valence-electron chi connectivity index (χ3n) is 9.49. The number of amides is 3. The van der Waals surface area contributed by atoms with Crippen LogP contribution in [0.3, 0.4) is 0 Å². The van der Waals surface area contributed by atoms with Gasteiger partial charge < -0.3 is 26.0 Å². The van der Waals surface area contributed by atoms with E-state index in [0.717, 1.165) is 22.8 Å². The summed E-state index contributed by atoms with van der Waals surface area (Å²) in [7, 11) is 0. The largest absolute Gasteiger partial charge is 0.389 e. The van der Waals surface area contributed by atoms with Crippen LogP contribution in [0, 0.1) is 17.6 Å². The van der Waals surface area contributed by atoms with Crippen LogP contribution in [0.5, 0.6) is 0 Å². The van der Waals surface area contributed by atoms with Crippen molar-refractivity contribution in [3.05, 3.63) is 107 Å². The molecule has 0 aliphatic carbocycles. The zero-order chi connectivity index (χ0) is 34.4. The maximum Gasteiger partial charge on any atom is 0.249 e. The highest BCUT2D eigenvalue weighted by atomic mass is 19.1. The summed E-state index contributed by atoms with van der Waals surface area (Å²) >= 11 is 0. The predicted octanol–water partition coefficient (Wildman–Crippen LogP) is 4.22. The van der Waals surface area contributed by atoms with Crippen LogP contribution in [0.1, 0.15) is 62.3 Å². The fourth-order valence-corrected chi connectivity index (χ4v) is 7.38. The Morgan fingerprint density at radius 3 is 2.33 bits per heavy atom. The number of benzene rings is 3. The smallest absolute Gasteiger partial charge is 0.249 e. The Kier molecular flexibility index (Phi) is 11.3. The zero-order valence-corrected chi connectivity index (χ0v) is 27.8. The molecule has 3 amide bonds. The molecule has 10 heteroatoms. The van der Waals surface area contributed by atoms with E-state index in [2.05, 4.69) is 16.0 Å². The van der Waals surface area contributed by atoms with E-state index in [0.29, 0.717) is 38.6 Å². The molecule has 48 heavy (non-hydrogen) atoms. The second-order valence-electron chi connectivity index (χ2n) is 13.7. The van der Waals surface area contributed by atoms with Gasteiger partial charge in [-0.25, -0.2) is 8.78 Å². The van der Waals surface area contributed by atoms with Gasteiger partial charge in [0.05, 0.1) is 12.1 Å². The number of hydrogen-bond donors (Lipinski definition) is 4. The summed E-state index contributed by atoms with van der Waals surface area (Å²) in [5, 5.41) is 21.1. The molecule has 2 aliphatic heterocycles. The fraction of sp³-hybridized carbons (Fsp3) is 0.447. The lowest BCUT2D eigenvalue weighted by Crippen LogP contribution is -2.60. The van der Waals surface area contributed by atoms with Gasteiger partial charge in [0.15, 0.2) is 0 Å². The van der Waals surface area contributed by atoms with Crippen molar-refractivity contribution in [3.8, 4) is 0 Å². The van der Waals surface area contributed by atoms with Gasteiger partial charge >= 0.3 is 0 Å². The number of halogens is 2. The topological polar surface area (TPSA) is 111 Å². The number of aliphatic hydroxyl groups excluding tert-OH is 1. The van der Waals surface area contributed by atoms with Gasteiger partial charge in [-0.1, -0.05) is 68.4 Å². The molecule has 0 saturated carbocycles. The Morgan fingerprint density at radius 2 is 1.67 bits per heavy atom. The first-order chi connectivity index (χ1) is 22.9. The van der Waals surface area contributed by atoms with Gasteiger partial charge in [-0.3, -0.25) is 14.4 Å². The molecule has 5 atom stereocenters. The Balaban J connectivity index is 1.44. The maximum atomic E-state index is 14.4. The van der Waals surface area contributed by atoms with E-state index >= 15 is 0 Å². The number of rotatable bonds is 13. The maximum absolute atomic E-state index is 14.4. The molecule has 0 aromatic heterocycles. The normalized spacial score (nSPS) is 21.0. The molecule has 8 nitrogen and oxygen atoms in total. The SMILES string of the molecule is CC(=O)N[C@]1(CC(C)C)CCN([C@@H](CCc2ccccc2)C(=O)N[C@@H](Cc2cc(F)cc(F)c2)[C@@H](O)[C@H]2Cc3ccccc3CN2)C1=O. The van der Waals surface area contributed by atoms with Crippen LogP contribution in [-0.4, -0.2) is 64.0 Å². The third-order valence-corrected chi connectivity index (χ3v) is 9.49. The van der Waals surface area contributed by atoms with Crippen molar-refractivity contribution in [2.24, 2.45) is 5.92 Å². The lowest BCUT2D eigenvalue weighted by molar-refractivity contribution is -0.143. The summed E-state index contributed by atoms with van der Waals surface area (Å²) in [5.41, 5.74) is 2.35. The van der Waals surface area contributed by atoms with E-state index < -0.39 is 47.3 Å². The van der Waals surface area contributed by atoms with Crippen molar-refractivity contribution >= 4 is 17.7 Å². The van der Waals surface area contributed by atoms with Gasteiger partial charge in [0.1, 0.15) is 23.2 Å². The molecule has 3 aromatic carbocycles. The first kappa shape index (κ1) is 35.2. The van der Waals surface area contributed by atoms with E-state index in [9.17, 15) is 28.3 Å². The highest BCUT2D eigenvalue weighted by molar-refractivity contribution is 5.96. The predicted molar refractivity (Wildman–Crippen MR) is 180 cm³/mol. The van der Waals surface area contributed by atoms with Crippen molar-refractivity contribution in [1.29, 1.82) is 0 Å². The van der Waals surface area contributed by atoms with Crippen LogP contribution in [0.15, 0.2) is 72.8 Å². The lowest BCUT2D eigenvalue weighted by atomic mass is 9.87. The van der Waals surface area contributed by atoms with Crippen LogP contribution in [0.2, 0.25) is 0 Å². The van der Waals surface area contributed by atoms with Crippen LogP contribution in [0.25, 0.3) is 0 Å². The van der Waals surface area contributed by atoms with Gasteiger partial charge in [0, 0.05) is 32.1 Å². The summed E-state index contributed by atoms with van der Waals surface area (Å²) in [6.45, 7) is 6.14. The number of aryl methyl sites for hydroxylation is 1. The van der Waals surface area contributed by atoms with Crippen LogP contribution in [-0.2, 0) is 40.2 Å². The van der Waals surface area contributed by atoms with Crippen LogP contribution < -0.4 is 16.0 Å². The summed E-state index contributed by atoms with van der Waals surface area (Å²) < 4.78 is 28.6. The highest BCUT2D eigenvalue weighted by Crippen LogP contribution is 2.32. The first-order valence-corrected chi connectivity index (χ1v) is 16.8. The number of carbonyl (C=O) groups is 3. The number of aliphatic hydroxyl groups is 1. The van der Waals surface area contributed by atoms with Gasteiger partial charge in [0.2, 0.25) is 17.7 Å². The molecule has 0 bridgehead atoms. The average Bonchev–Trinajstić information content (AvgIpc) is 3.33. The Morgan fingerprint density at radius 1 is 1.00 bits per heavy atom. The molecular weight excluding hydrogens is 614 g/mol. The van der Waals surface area contributed by atoms with Gasteiger partial charge in [-0.2, -0.15) is 0 Å². The number of likely N-dealkylation sites (tertiary alicyclic amines) is 1. The lowest BCUT2D eigenvalue weighted by Gasteiger charge is -2.37. The quantitative estimate of drug-likeness (QED) is 0.220. The van der Waals surface area contributed by atoms with Gasteiger partial charge in [0.25, 0.3) is 0 Å². The van der Waals surface area contributed by atoms with Gasteiger partial charge in [-0.15, -0.1) is 0 Å². The van der Waals surface area contributed by atoms with Crippen molar-refractivity contribution in [1.82, 2.24) is 20.9 Å². The summed E-state index contributed by atoms with van der Waals surface area (Å²) in [4.78, 5) is 42.4. The zero-order valence-electron chi connectivity index (χ0n) is 27.8. The second kappa shape index (κ2) is 15.4. The molecule has 0 spiro atoms. The second-order valence-corrected chi connectivity index (χ2v) is 13.7. The molecule has 2 aliphatic rings. The molecule has 3 aromatic rings. The summed E-state index contributed by atoms with van der Waals surface area (Å²) in [6.07, 6.45) is 0.920. The van der Waals surface area contributed by atoms with E-state index in [-0.39, 0.29) is 36.3 Å². The third kappa shape index (κ3) is 8.46. The van der Waals surface area contributed by atoms with Crippen molar-refractivity contribution < 1.29 is 28.3 Å². The molecule has 5 rings (SSSR count). The van der Waals surface area contributed by atoms with E-state index in [4.69, 9.17) is 0 Å². The number of carbonyl (C=O) groups excluding carboxylic acids is 3. The standard InChI is InChI=1S/C38H46F2N4O4/c1-24(2)22-38(43-25(3)45)15-16-44(37(38)48)34(14-13-26-9-5-4-6-10-26)36(47)42-33(19-27-17-30(39)21-31(40)18-27)35(46)32-20-28-11-7-8-12-29(28)23-41-32/h4-12,17-18,21,24,32-35,41,46H,13-16,19-20,22-23H2,1-3H3,(H,42,47)(H,43,45)/t32-,33+,34+,35+,38+/m1/s1. The van der Waals surface area contributed by atoms with Gasteiger partial charge in [-0.05, 0) is 78.8 Å². The van der Waals surface area contributed by atoms with Crippen molar-refractivity contribution in [2.45, 2.75) is 95.6 Å². The minimum atomic E-state index is -1.13. The molecular formula is C38H46F2N4O4. The minimum absolute atomic E-state index is 0.0378. The molecule has 1 saturated heterocycles. The fourth-order valence-electron chi connectivity index (χ4n) is 7.38. The van der Waals surface area contributed by atoms with Crippen LogP contribution >= 0.6 is 0 Å². The number of fused-ring (bicyclic) bond motifs is 1. The monoisotopic (exact) mass is 660 g/mol. The molecule has 4 N–H and O–H groups in total. The number of nitrogens with one attached hydrogen (secondary N) is 3. The minimum Gasteiger partial charge on any atom is -0.389 e. The number of hydrogen-bond acceptors (Lipinski definition) is 5. The Labute approximate surface area is 281 Å². The Bertz CT molecular complexity index is 1580. The molecule has 0 radical (unpaired) electrons. The first-order valence-electron chi connectivity index (χ1n) is 16.8. The molecule has 256 valence electrons. The van der Waals surface area contributed by atoms with Crippen molar-refractivity contribution in [2.75, 3.05) is 6.54 Å². The highest BCUT2D eigenvalue weighted by Gasteiger charge is 2.50. The van der Waals surface area contributed by atoms with Crippen molar-refractivity contribution in [3.63, 3.8) is 0 Å². The van der Waals surface area contributed by atoms with Crippen LogP contribution in [0.4, 0.5) is 8.78 Å². The number of nitrogens with zero attached hydrogens (tertiary/aromatic N) is 1. The molecule has 0 unspecified atom stereocenters. The van der Waals surface area contributed by atoms with E-state index in [1.165, 1.54) is 19.1 Å².